The summed E-state index contributed by atoms with van der Waals surface area (Å²) in [5.41, 5.74) is 5.67. The Bertz CT molecular complexity index is 908. The van der Waals surface area contributed by atoms with Gasteiger partial charge in [0.1, 0.15) is 12.6 Å². The Morgan fingerprint density at radius 3 is 2.64 bits per heavy atom. The molecule has 2 aliphatic rings. The van der Waals surface area contributed by atoms with Crippen LogP contribution in [0.1, 0.15) is 49.4 Å². The van der Waals surface area contributed by atoms with E-state index in [1.807, 2.05) is 31.2 Å². The number of hydrogen-bond acceptors (Lipinski definition) is 2. The third kappa shape index (κ3) is 3.67. The van der Waals surface area contributed by atoms with Gasteiger partial charge in [-0.25, -0.2) is 0 Å². The molecule has 1 aliphatic carbocycles. The second-order valence-corrected chi connectivity index (χ2v) is 7.99. The highest BCUT2D eigenvalue weighted by Gasteiger charge is 2.32. The average molecular weight is 378 g/mol. The van der Waals surface area contributed by atoms with Crippen molar-refractivity contribution in [2.45, 2.75) is 51.6 Å². The number of amides is 2. The molecular weight excluding hydrogens is 350 g/mol. The molecule has 0 spiro atoms. The van der Waals surface area contributed by atoms with Gasteiger partial charge in [0.2, 0.25) is 5.91 Å². The van der Waals surface area contributed by atoms with Crippen LogP contribution in [-0.2, 0) is 22.4 Å². The van der Waals surface area contributed by atoms with Crippen LogP contribution in [0.15, 0.2) is 42.5 Å². The maximum Gasteiger partial charge on any atom is 0.285 e. The predicted octanol–water partition coefficient (Wildman–Crippen LogP) is 2.56. The summed E-state index contributed by atoms with van der Waals surface area (Å²) in [4.78, 5) is 26.8. The molecule has 4 rings (SSSR count). The lowest BCUT2D eigenvalue weighted by atomic mass is 9.89. The molecule has 1 heterocycles. The van der Waals surface area contributed by atoms with Crippen LogP contribution in [0, 0.1) is 0 Å². The molecule has 0 bridgehead atoms. The number of anilines is 2. The number of carbonyl (C=O) groups is 2. The van der Waals surface area contributed by atoms with Crippen LogP contribution in [0.3, 0.4) is 0 Å². The number of quaternary nitrogens is 1. The van der Waals surface area contributed by atoms with Gasteiger partial charge in [0.25, 0.3) is 5.91 Å². The number of carbonyl (C=O) groups excluding carboxylic acids is 2. The largest absolute Gasteiger partial charge is 0.330 e. The maximum atomic E-state index is 13.1. The maximum absolute atomic E-state index is 13.1. The molecule has 2 aromatic carbocycles. The van der Waals surface area contributed by atoms with Crippen LogP contribution < -0.4 is 15.5 Å². The predicted molar refractivity (Wildman–Crippen MR) is 110 cm³/mol. The molecule has 5 nitrogen and oxygen atoms in total. The van der Waals surface area contributed by atoms with Crippen LogP contribution in [0.4, 0.5) is 11.4 Å². The number of nitrogens with zero attached hydrogens (tertiary/aromatic N) is 1. The van der Waals surface area contributed by atoms with Crippen molar-refractivity contribution in [3.8, 4) is 0 Å². The first-order valence-corrected chi connectivity index (χ1v) is 10.2. The van der Waals surface area contributed by atoms with Gasteiger partial charge in [-0.05, 0) is 68.9 Å². The number of rotatable bonds is 4. The van der Waals surface area contributed by atoms with Gasteiger partial charge in [0, 0.05) is 5.56 Å². The highest BCUT2D eigenvalue weighted by molar-refractivity contribution is 6.10. The lowest BCUT2D eigenvalue weighted by Crippen LogP contribution is -2.92. The van der Waals surface area contributed by atoms with Gasteiger partial charge in [-0.2, -0.15) is 0 Å². The number of hydrogen-bond donors (Lipinski definition) is 2. The monoisotopic (exact) mass is 378 g/mol. The first-order valence-electron chi connectivity index (χ1n) is 10.2. The fourth-order valence-electron chi connectivity index (χ4n) is 4.34. The number of para-hydroxylation sites is 2. The van der Waals surface area contributed by atoms with Gasteiger partial charge < -0.3 is 10.6 Å². The van der Waals surface area contributed by atoms with E-state index in [1.165, 1.54) is 36.0 Å². The molecular formula is C23H28N3O2+. The molecule has 146 valence electrons. The molecule has 28 heavy (non-hydrogen) atoms. The molecule has 3 N–H and O–H groups in total. The number of aryl methyl sites for hydroxylation is 2. The fraction of sp³-hybridized carbons (Fsp3) is 0.391. The Hall–Kier alpha value is -2.66. The molecule has 0 aromatic heterocycles. The summed E-state index contributed by atoms with van der Waals surface area (Å²) in [5.74, 6) is -0.186. The lowest BCUT2D eigenvalue weighted by Gasteiger charge is -2.31. The zero-order valence-electron chi connectivity index (χ0n) is 16.6. The molecule has 0 saturated heterocycles. The van der Waals surface area contributed by atoms with Crippen LogP contribution in [0.2, 0.25) is 0 Å². The molecule has 0 fully saturated rings. The Morgan fingerprint density at radius 1 is 1.07 bits per heavy atom. The molecule has 2 aromatic rings. The van der Waals surface area contributed by atoms with E-state index in [4.69, 9.17) is 0 Å². The Kier molecular flexibility index (Phi) is 5.18. The van der Waals surface area contributed by atoms with Crippen molar-refractivity contribution in [2.75, 3.05) is 16.8 Å². The van der Waals surface area contributed by atoms with Crippen molar-refractivity contribution in [1.82, 2.24) is 0 Å². The van der Waals surface area contributed by atoms with Crippen LogP contribution >= 0.6 is 0 Å². The minimum Gasteiger partial charge on any atom is -0.330 e. The topological polar surface area (TPSA) is 66.0 Å². The number of nitrogens with two attached hydrogens (primary N) is 1. The zero-order chi connectivity index (χ0) is 19.7. The third-order valence-electron chi connectivity index (χ3n) is 5.90. The molecule has 2 amide bonds. The van der Waals surface area contributed by atoms with Crippen molar-refractivity contribution < 1.29 is 14.9 Å². The van der Waals surface area contributed by atoms with Gasteiger partial charge >= 0.3 is 0 Å². The van der Waals surface area contributed by atoms with E-state index in [0.29, 0.717) is 5.69 Å². The van der Waals surface area contributed by atoms with Crippen molar-refractivity contribution in [3.05, 3.63) is 59.2 Å². The van der Waals surface area contributed by atoms with E-state index in [2.05, 4.69) is 35.8 Å². The van der Waals surface area contributed by atoms with E-state index in [1.54, 1.807) is 4.90 Å². The molecule has 0 saturated carbocycles. The summed E-state index contributed by atoms with van der Waals surface area (Å²) in [5, 5.41) is 4.94. The normalized spacial score (nSPS) is 17.9. The van der Waals surface area contributed by atoms with Crippen LogP contribution in [0.5, 0.6) is 0 Å². The molecule has 1 aliphatic heterocycles. The molecule has 2 atom stereocenters. The second kappa shape index (κ2) is 7.76. The minimum absolute atomic E-state index is 0.0351. The van der Waals surface area contributed by atoms with Crippen molar-refractivity contribution in [2.24, 2.45) is 0 Å². The summed E-state index contributed by atoms with van der Waals surface area (Å²) in [7, 11) is 0. The Morgan fingerprint density at radius 2 is 1.82 bits per heavy atom. The lowest BCUT2D eigenvalue weighted by molar-refractivity contribution is -0.710. The zero-order valence-corrected chi connectivity index (χ0v) is 16.6. The Balaban J connectivity index is 1.48. The van der Waals surface area contributed by atoms with E-state index in [9.17, 15) is 9.59 Å². The van der Waals surface area contributed by atoms with Gasteiger partial charge in [-0.3, -0.25) is 14.5 Å². The van der Waals surface area contributed by atoms with Crippen LogP contribution in [-0.4, -0.2) is 24.4 Å². The standard InChI is InChI=1S/C23H27N3O2/c1-15(18-12-11-17-7-3-4-8-19(17)13-18)24-16(2)23(28)26-14-22(27)25-20-9-5-6-10-21(20)26/h5-6,9-13,15-16,24H,3-4,7-8,14H2,1-2H3,(H,25,27)/p+1/t15-,16+/m0/s1. The second-order valence-electron chi connectivity index (χ2n) is 7.99. The number of benzene rings is 2. The summed E-state index contributed by atoms with van der Waals surface area (Å²) in [6, 6.07) is 14.1. The first-order chi connectivity index (χ1) is 13.5. The highest BCUT2D eigenvalue weighted by atomic mass is 16.2. The number of nitrogens with one attached hydrogen (secondary N) is 1. The van der Waals surface area contributed by atoms with Crippen molar-refractivity contribution >= 4 is 23.2 Å². The van der Waals surface area contributed by atoms with Crippen molar-refractivity contribution in [1.29, 1.82) is 0 Å². The smallest absolute Gasteiger partial charge is 0.285 e. The molecule has 5 heteroatoms. The molecule has 0 unspecified atom stereocenters. The highest BCUT2D eigenvalue weighted by Crippen LogP contribution is 2.29. The fourth-order valence-corrected chi connectivity index (χ4v) is 4.34. The SMILES string of the molecule is C[C@H]([NH2+][C@H](C)C(=O)N1CC(=O)Nc2ccccc21)c1ccc2c(c1)CCCC2. The number of fused-ring (bicyclic) bond motifs is 2. The Labute approximate surface area is 166 Å². The van der Waals surface area contributed by atoms with E-state index < -0.39 is 0 Å². The summed E-state index contributed by atoms with van der Waals surface area (Å²) in [6.07, 6.45) is 4.88. The van der Waals surface area contributed by atoms with E-state index in [0.717, 1.165) is 12.1 Å². The average Bonchev–Trinajstić information content (AvgIpc) is 2.72. The van der Waals surface area contributed by atoms with Gasteiger partial charge in [-0.15, -0.1) is 0 Å². The van der Waals surface area contributed by atoms with Gasteiger partial charge in [0.05, 0.1) is 11.4 Å². The summed E-state index contributed by atoms with van der Waals surface area (Å²) in [6.45, 7) is 4.14. The minimum atomic E-state index is -0.273. The quantitative estimate of drug-likeness (QED) is 0.859. The molecule has 0 radical (unpaired) electrons. The first kappa shape index (κ1) is 18.7. The van der Waals surface area contributed by atoms with Gasteiger partial charge in [0.15, 0.2) is 6.04 Å². The summed E-state index contributed by atoms with van der Waals surface area (Å²) >= 11 is 0. The third-order valence-corrected chi connectivity index (χ3v) is 5.90. The van der Waals surface area contributed by atoms with Crippen LogP contribution in [0.25, 0.3) is 0 Å². The van der Waals surface area contributed by atoms with E-state index in [-0.39, 0.29) is 30.4 Å². The van der Waals surface area contributed by atoms with E-state index >= 15 is 0 Å². The van der Waals surface area contributed by atoms with Crippen molar-refractivity contribution in [3.63, 3.8) is 0 Å². The summed E-state index contributed by atoms with van der Waals surface area (Å²) < 4.78 is 0. The van der Waals surface area contributed by atoms with Gasteiger partial charge in [-0.1, -0.05) is 24.3 Å².